The third-order valence-electron chi connectivity index (χ3n) is 5.03. The van der Waals surface area contributed by atoms with E-state index in [-0.39, 0.29) is 0 Å². The third kappa shape index (κ3) is 3.94. The van der Waals surface area contributed by atoms with Gasteiger partial charge in [0.15, 0.2) is 0 Å². The molecule has 0 radical (unpaired) electrons. The number of nitrogens with two attached hydrogens (primary N) is 1. The number of aromatic nitrogens is 1. The third-order valence-corrected chi connectivity index (χ3v) is 5.70. The lowest BCUT2D eigenvalue weighted by Crippen LogP contribution is -1.99. The zero-order valence-electron chi connectivity index (χ0n) is 15.2. The molecule has 136 valence electrons. The van der Waals surface area contributed by atoms with Crippen molar-refractivity contribution in [2.75, 3.05) is 6.54 Å². The number of halogens is 1. The van der Waals surface area contributed by atoms with Gasteiger partial charge in [-0.05, 0) is 88.9 Å². The minimum absolute atomic E-state index is 0.751. The molecule has 0 saturated carbocycles. The van der Waals surface area contributed by atoms with Gasteiger partial charge in [-0.15, -0.1) is 0 Å². The van der Waals surface area contributed by atoms with Crippen LogP contribution in [0.2, 0.25) is 0 Å². The summed E-state index contributed by atoms with van der Waals surface area (Å²) in [5.74, 6) is 0. The number of H-pyrrole nitrogens is 1. The summed E-state index contributed by atoms with van der Waals surface area (Å²) in [6.45, 7) is 0.751. The first-order valence-electron chi connectivity index (χ1n) is 9.42. The van der Waals surface area contributed by atoms with Gasteiger partial charge in [-0.1, -0.05) is 54.6 Å². The molecule has 0 atom stereocenters. The summed E-state index contributed by atoms with van der Waals surface area (Å²) in [4.78, 5) is 3.66. The average Bonchev–Trinajstić information content (AvgIpc) is 3.07. The normalized spacial score (nSPS) is 11.2. The Bertz CT molecular complexity index is 1030. The van der Waals surface area contributed by atoms with E-state index in [9.17, 15) is 0 Å². The quantitative estimate of drug-likeness (QED) is 0.251. The lowest BCUT2D eigenvalue weighted by Gasteiger charge is -2.07. The van der Waals surface area contributed by atoms with Crippen LogP contribution in [0.15, 0.2) is 72.8 Å². The number of fused-ring (bicyclic) bond motifs is 1. The number of aromatic amines is 1. The van der Waals surface area contributed by atoms with Crippen LogP contribution in [0.5, 0.6) is 0 Å². The maximum atomic E-state index is 5.72. The van der Waals surface area contributed by atoms with Crippen LogP contribution in [-0.4, -0.2) is 11.5 Å². The lowest BCUT2D eigenvalue weighted by atomic mass is 9.98. The van der Waals surface area contributed by atoms with Crippen LogP contribution < -0.4 is 5.73 Å². The fourth-order valence-corrected chi connectivity index (χ4v) is 4.12. The Balaban J connectivity index is 1.74. The highest BCUT2D eigenvalue weighted by molar-refractivity contribution is 14.1. The molecule has 1 heterocycles. The van der Waals surface area contributed by atoms with Crippen molar-refractivity contribution in [1.82, 2.24) is 4.98 Å². The number of nitrogens with one attached hydrogen (secondary N) is 1. The minimum atomic E-state index is 0.751. The molecule has 27 heavy (non-hydrogen) atoms. The summed E-state index contributed by atoms with van der Waals surface area (Å²) in [7, 11) is 0. The highest BCUT2D eigenvalue weighted by Crippen LogP contribution is 2.33. The molecule has 0 spiro atoms. The first-order valence-corrected chi connectivity index (χ1v) is 10.5. The molecule has 2 nitrogen and oxygen atoms in total. The molecule has 4 rings (SSSR count). The van der Waals surface area contributed by atoms with Crippen molar-refractivity contribution in [3.8, 4) is 22.4 Å². The van der Waals surface area contributed by atoms with Crippen molar-refractivity contribution in [2.24, 2.45) is 5.73 Å². The molecule has 0 aliphatic carbocycles. The summed E-state index contributed by atoms with van der Waals surface area (Å²) in [5, 5.41) is 1.33. The predicted octanol–water partition coefficient (Wildman–Crippen LogP) is 6.39. The Morgan fingerprint density at radius 2 is 1.48 bits per heavy atom. The Kier molecular flexibility index (Phi) is 5.60. The van der Waals surface area contributed by atoms with Crippen LogP contribution in [-0.2, 0) is 6.42 Å². The summed E-state index contributed by atoms with van der Waals surface area (Å²) >= 11 is 2.39. The molecule has 3 heteroatoms. The Morgan fingerprint density at radius 1 is 0.778 bits per heavy atom. The first-order chi connectivity index (χ1) is 13.3. The van der Waals surface area contributed by atoms with Crippen LogP contribution in [0.1, 0.15) is 18.4 Å². The SMILES string of the molecule is NCCCCc1c(-c2ccc(-c3ccccc3)cc2)[nH]c2ccc(I)cc12. The number of hydrogen-bond acceptors (Lipinski definition) is 1. The van der Waals surface area contributed by atoms with E-state index in [1.165, 1.54) is 42.4 Å². The smallest absolute Gasteiger partial charge is 0.0497 e. The average molecular weight is 466 g/mol. The van der Waals surface area contributed by atoms with Crippen molar-refractivity contribution in [3.63, 3.8) is 0 Å². The van der Waals surface area contributed by atoms with Gasteiger partial charge in [0.25, 0.3) is 0 Å². The molecule has 0 amide bonds. The van der Waals surface area contributed by atoms with Crippen LogP contribution in [0.25, 0.3) is 33.3 Å². The van der Waals surface area contributed by atoms with Gasteiger partial charge in [0.1, 0.15) is 0 Å². The fraction of sp³-hybridized carbons (Fsp3) is 0.167. The van der Waals surface area contributed by atoms with Gasteiger partial charge in [0, 0.05) is 20.2 Å². The number of unbranched alkanes of at least 4 members (excludes halogenated alkanes) is 1. The molecule has 3 aromatic carbocycles. The minimum Gasteiger partial charge on any atom is -0.354 e. The summed E-state index contributed by atoms with van der Waals surface area (Å²) in [6.07, 6.45) is 3.22. The van der Waals surface area contributed by atoms with Crippen molar-refractivity contribution >= 4 is 33.5 Å². The summed E-state index contributed by atoms with van der Waals surface area (Å²) in [6, 6.07) is 26.0. The van der Waals surface area contributed by atoms with Crippen LogP contribution in [0, 0.1) is 3.57 Å². The fourth-order valence-electron chi connectivity index (χ4n) is 3.63. The van der Waals surface area contributed by atoms with E-state index in [0.29, 0.717) is 0 Å². The zero-order chi connectivity index (χ0) is 18.6. The van der Waals surface area contributed by atoms with Gasteiger partial charge >= 0.3 is 0 Å². The van der Waals surface area contributed by atoms with Crippen molar-refractivity contribution < 1.29 is 0 Å². The number of hydrogen-bond donors (Lipinski definition) is 2. The molecule has 1 aromatic heterocycles. The second kappa shape index (κ2) is 8.28. The molecule has 0 aliphatic heterocycles. The van der Waals surface area contributed by atoms with Crippen LogP contribution in [0.4, 0.5) is 0 Å². The molecular weight excluding hydrogens is 443 g/mol. The van der Waals surface area contributed by atoms with E-state index >= 15 is 0 Å². The van der Waals surface area contributed by atoms with E-state index in [4.69, 9.17) is 5.73 Å². The molecular formula is C24H23IN2. The van der Waals surface area contributed by atoms with Gasteiger partial charge in [0.05, 0.1) is 0 Å². The first kappa shape index (κ1) is 18.3. The van der Waals surface area contributed by atoms with E-state index in [0.717, 1.165) is 25.8 Å². The second-order valence-corrected chi connectivity index (χ2v) is 8.10. The van der Waals surface area contributed by atoms with Crippen LogP contribution >= 0.6 is 22.6 Å². The van der Waals surface area contributed by atoms with Gasteiger partial charge in [-0.2, -0.15) is 0 Å². The standard InChI is InChI=1S/C24H23IN2/c25-20-13-14-23-22(16-20)21(8-4-5-15-26)24(27-23)19-11-9-18(10-12-19)17-6-2-1-3-7-17/h1-3,6-7,9-14,16,27H,4-5,8,15,26H2. The Hall–Kier alpha value is -2.11. The van der Waals surface area contributed by atoms with E-state index < -0.39 is 0 Å². The van der Waals surface area contributed by atoms with Crippen molar-refractivity contribution in [2.45, 2.75) is 19.3 Å². The summed E-state index contributed by atoms with van der Waals surface area (Å²) < 4.78 is 1.27. The zero-order valence-corrected chi connectivity index (χ0v) is 17.4. The molecule has 0 saturated heterocycles. The highest BCUT2D eigenvalue weighted by atomic mass is 127. The molecule has 3 N–H and O–H groups in total. The number of benzene rings is 3. The maximum absolute atomic E-state index is 5.72. The summed E-state index contributed by atoms with van der Waals surface area (Å²) in [5.41, 5.74) is 13.3. The molecule has 0 fully saturated rings. The molecule has 0 aliphatic rings. The van der Waals surface area contributed by atoms with Gasteiger partial charge in [-0.3, -0.25) is 0 Å². The predicted molar refractivity (Wildman–Crippen MR) is 124 cm³/mol. The molecule has 4 aromatic rings. The monoisotopic (exact) mass is 466 g/mol. The lowest BCUT2D eigenvalue weighted by molar-refractivity contribution is 0.748. The largest absolute Gasteiger partial charge is 0.354 e. The van der Waals surface area contributed by atoms with Crippen molar-refractivity contribution in [1.29, 1.82) is 0 Å². The van der Waals surface area contributed by atoms with Gasteiger partial charge < -0.3 is 10.7 Å². The Labute approximate surface area is 173 Å². The van der Waals surface area contributed by atoms with E-state index in [1.54, 1.807) is 0 Å². The second-order valence-electron chi connectivity index (χ2n) is 6.86. The molecule has 0 unspecified atom stereocenters. The number of aryl methyl sites for hydroxylation is 1. The van der Waals surface area contributed by atoms with Crippen LogP contribution in [0.3, 0.4) is 0 Å². The highest BCUT2D eigenvalue weighted by Gasteiger charge is 2.13. The van der Waals surface area contributed by atoms with Gasteiger partial charge in [0.2, 0.25) is 0 Å². The number of rotatable bonds is 6. The molecule has 0 bridgehead atoms. The topological polar surface area (TPSA) is 41.8 Å². The van der Waals surface area contributed by atoms with Crippen molar-refractivity contribution in [3.05, 3.63) is 81.9 Å². The Morgan fingerprint density at radius 3 is 2.22 bits per heavy atom. The van der Waals surface area contributed by atoms with E-state index in [2.05, 4.69) is 100 Å². The maximum Gasteiger partial charge on any atom is 0.0497 e. The van der Waals surface area contributed by atoms with Gasteiger partial charge in [-0.25, -0.2) is 0 Å². The van der Waals surface area contributed by atoms with E-state index in [1.807, 2.05) is 0 Å².